The van der Waals surface area contributed by atoms with E-state index in [9.17, 15) is 4.79 Å². The number of thiocarbonyl (C=S) groups is 1. The van der Waals surface area contributed by atoms with Crippen molar-refractivity contribution in [1.82, 2.24) is 15.5 Å². The van der Waals surface area contributed by atoms with Gasteiger partial charge in [0, 0.05) is 48.6 Å². The maximum absolute atomic E-state index is 13.4. The topological polar surface area (TPSA) is 60.0 Å². The standard InChI is InChI=1S/C22H29Cl2N5OS/c1-28-18-8-7-14(23)13-16(18)19(15-5-2-3-6-17(15)24)26-20(21(28)30)27-22(31)29-11-4-9-25-10-12-29/h7-8,13,15,17,20,25H,2-6,9-12H2,1H3,(H,27,31). The molecule has 31 heavy (non-hydrogen) atoms. The van der Waals surface area contributed by atoms with Crippen molar-refractivity contribution in [2.24, 2.45) is 10.9 Å². The minimum atomic E-state index is -0.791. The number of amides is 1. The number of halogens is 2. The number of nitrogens with zero attached hydrogens (tertiary/aromatic N) is 3. The van der Waals surface area contributed by atoms with Gasteiger partial charge in [0.05, 0.1) is 11.4 Å². The summed E-state index contributed by atoms with van der Waals surface area (Å²) in [4.78, 5) is 22.1. The Hall–Kier alpha value is -1.41. The highest BCUT2D eigenvalue weighted by atomic mass is 35.5. The molecular formula is C22H29Cl2N5OS. The molecular weight excluding hydrogens is 453 g/mol. The zero-order chi connectivity index (χ0) is 22.0. The van der Waals surface area contributed by atoms with E-state index in [0.29, 0.717) is 10.1 Å². The first-order valence-electron chi connectivity index (χ1n) is 11.0. The second-order valence-electron chi connectivity index (χ2n) is 8.42. The van der Waals surface area contributed by atoms with Crippen molar-refractivity contribution in [3.05, 3.63) is 28.8 Å². The highest BCUT2D eigenvalue weighted by molar-refractivity contribution is 7.80. The van der Waals surface area contributed by atoms with Crippen LogP contribution in [0, 0.1) is 5.92 Å². The summed E-state index contributed by atoms with van der Waals surface area (Å²) in [7, 11) is 1.78. The van der Waals surface area contributed by atoms with Gasteiger partial charge in [-0.15, -0.1) is 11.6 Å². The lowest BCUT2D eigenvalue weighted by molar-refractivity contribution is -0.119. The number of rotatable bonds is 2. The molecule has 0 bridgehead atoms. The van der Waals surface area contributed by atoms with Crippen molar-refractivity contribution >= 4 is 57.8 Å². The zero-order valence-electron chi connectivity index (χ0n) is 17.7. The molecule has 3 aliphatic rings. The zero-order valence-corrected chi connectivity index (χ0v) is 20.1. The van der Waals surface area contributed by atoms with E-state index in [-0.39, 0.29) is 17.2 Å². The maximum atomic E-state index is 13.4. The molecule has 2 fully saturated rings. The van der Waals surface area contributed by atoms with Crippen molar-refractivity contribution in [3.63, 3.8) is 0 Å². The van der Waals surface area contributed by atoms with E-state index in [0.717, 1.165) is 75.2 Å². The third-order valence-corrected chi connectivity index (χ3v) is 7.48. The van der Waals surface area contributed by atoms with E-state index >= 15 is 0 Å². The molecule has 1 aromatic carbocycles. The van der Waals surface area contributed by atoms with Crippen LogP contribution in [0.3, 0.4) is 0 Å². The molecule has 2 aliphatic heterocycles. The van der Waals surface area contributed by atoms with Crippen LogP contribution in [0.4, 0.5) is 5.69 Å². The van der Waals surface area contributed by atoms with Crippen LogP contribution in [-0.2, 0) is 4.79 Å². The number of nitrogens with one attached hydrogen (secondary N) is 2. The SMILES string of the molecule is CN1C(=O)C(NC(=S)N2CCCNCC2)N=C(C2CCCCC2Cl)c2cc(Cl)ccc21. The molecule has 3 unspecified atom stereocenters. The number of aliphatic imine (C=N–C) groups is 1. The minimum Gasteiger partial charge on any atom is -0.348 e. The molecule has 4 rings (SSSR count). The molecule has 1 saturated carbocycles. The third-order valence-electron chi connectivity index (χ3n) is 6.35. The Morgan fingerprint density at radius 3 is 2.84 bits per heavy atom. The monoisotopic (exact) mass is 481 g/mol. The molecule has 6 nitrogen and oxygen atoms in total. The summed E-state index contributed by atoms with van der Waals surface area (Å²) >= 11 is 18.8. The summed E-state index contributed by atoms with van der Waals surface area (Å²) in [6.07, 6.45) is 4.33. The van der Waals surface area contributed by atoms with E-state index in [1.165, 1.54) is 0 Å². The van der Waals surface area contributed by atoms with E-state index in [1.807, 2.05) is 18.2 Å². The summed E-state index contributed by atoms with van der Waals surface area (Å²) < 4.78 is 0. The number of benzene rings is 1. The smallest absolute Gasteiger partial charge is 0.272 e. The molecule has 0 spiro atoms. The molecule has 1 saturated heterocycles. The molecule has 0 aromatic heterocycles. The average Bonchev–Trinajstić information content (AvgIpc) is 3.09. The largest absolute Gasteiger partial charge is 0.348 e. The number of fused-ring (bicyclic) bond motifs is 1. The van der Waals surface area contributed by atoms with E-state index in [2.05, 4.69) is 15.5 Å². The molecule has 9 heteroatoms. The van der Waals surface area contributed by atoms with Crippen LogP contribution < -0.4 is 15.5 Å². The van der Waals surface area contributed by atoms with Gasteiger partial charge in [0.15, 0.2) is 5.11 Å². The fraction of sp³-hybridized carbons (Fsp3) is 0.591. The molecule has 3 atom stereocenters. The van der Waals surface area contributed by atoms with Gasteiger partial charge in [-0.1, -0.05) is 24.4 Å². The molecule has 2 N–H and O–H groups in total. The number of benzodiazepines with no additional fused rings is 1. The number of carbonyl (C=O) groups is 1. The molecule has 1 aromatic rings. The van der Waals surface area contributed by atoms with Crippen LogP contribution in [0.5, 0.6) is 0 Å². The van der Waals surface area contributed by atoms with E-state index in [1.54, 1.807) is 11.9 Å². The van der Waals surface area contributed by atoms with Gasteiger partial charge in [-0.3, -0.25) is 9.79 Å². The predicted octanol–water partition coefficient (Wildman–Crippen LogP) is 3.40. The highest BCUT2D eigenvalue weighted by Gasteiger charge is 2.36. The molecule has 2 heterocycles. The van der Waals surface area contributed by atoms with Gasteiger partial charge in [-0.2, -0.15) is 0 Å². The van der Waals surface area contributed by atoms with Crippen LogP contribution in [0.25, 0.3) is 0 Å². The number of alkyl halides is 1. The number of anilines is 1. The normalized spacial score (nSPS) is 27.1. The van der Waals surface area contributed by atoms with Crippen LogP contribution in [-0.4, -0.2) is 66.4 Å². The summed E-state index contributed by atoms with van der Waals surface area (Å²) in [5.41, 5.74) is 2.54. The Balaban J connectivity index is 1.69. The van der Waals surface area contributed by atoms with Gasteiger partial charge >= 0.3 is 0 Å². The Morgan fingerprint density at radius 1 is 1.23 bits per heavy atom. The van der Waals surface area contributed by atoms with Gasteiger partial charge in [0.2, 0.25) is 6.17 Å². The lowest BCUT2D eigenvalue weighted by Crippen LogP contribution is -2.51. The number of carbonyl (C=O) groups excluding carboxylic acids is 1. The first kappa shape index (κ1) is 22.8. The van der Waals surface area contributed by atoms with Crippen molar-refractivity contribution in [3.8, 4) is 0 Å². The van der Waals surface area contributed by atoms with Crippen LogP contribution >= 0.6 is 35.4 Å². The van der Waals surface area contributed by atoms with Crippen molar-refractivity contribution in [2.75, 3.05) is 38.1 Å². The maximum Gasteiger partial charge on any atom is 0.272 e. The summed E-state index contributed by atoms with van der Waals surface area (Å²) in [6, 6.07) is 5.60. The fourth-order valence-electron chi connectivity index (χ4n) is 4.61. The molecule has 168 valence electrons. The number of likely N-dealkylation sites (N-methyl/N-ethyl adjacent to an activating group) is 1. The predicted molar refractivity (Wildman–Crippen MR) is 132 cm³/mol. The highest BCUT2D eigenvalue weighted by Crippen LogP contribution is 2.36. The first-order valence-corrected chi connectivity index (χ1v) is 12.2. The summed E-state index contributed by atoms with van der Waals surface area (Å²) in [6.45, 7) is 3.51. The van der Waals surface area contributed by atoms with E-state index < -0.39 is 6.17 Å². The van der Waals surface area contributed by atoms with Crippen LogP contribution in [0.15, 0.2) is 23.2 Å². The van der Waals surface area contributed by atoms with Gasteiger partial charge < -0.3 is 20.4 Å². The van der Waals surface area contributed by atoms with Gasteiger partial charge in [-0.05, 0) is 56.2 Å². The molecule has 0 radical (unpaired) electrons. The Morgan fingerprint density at radius 2 is 2.03 bits per heavy atom. The lowest BCUT2D eigenvalue weighted by Gasteiger charge is -2.29. The molecule has 1 aliphatic carbocycles. The second-order valence-corrected chi connectivity index (χ2v) is 9.81. The lowest BCUT2D eigenvalue weighted by atomic mass is 9.82. The van der Waals surface area contributed by atoms with E-state index in [4.69, 9.17) is 40.4 Å². The van der Waals surface area contributed by atoms with Gasteiger partial charge in [0.25, 0.3) is 5.91 Å². The first-order chi connectivity index (χ1) is 15.0. The third kappa shape index (κ3) is 5.00. The Bertz CT molecular complexity index is 871. The second kappa shape index (κ2) is 10.0. The van der Waals surface area contributed by atoms with Crippen LogP contribution in [0.2, 0.25) is 5.02 Å². The Kier molecular flexibility index (Phi) is 7.37. The average molecular weight is 482 g/mol. The van der Waals surface area contributed by atoms with Crippen molar-refractivity contribution < 1.29 is 4.79 Å². The van der Waals surface area contributed by atoms with Crippen molar-refractivity contribution in [1.29, 1.82) is 0 Å². The Labute approximate surface area is 199 Å². The minimum absolute atomic E-state index is 0.0119. The summed E-state index contributed by atoms with van der Waals surface area (Å²) in [5, 5.41) is 7.79. The summed E-state index contributed by atoms with van der Waals surface area (Å²) in [5.74, 6) is -0.0667. The fourth-order valence-corrected chi connectivity index (χ4v) is 5.48. The van der Waals surface area contributed by atoms with Crippen molar-refractivity contribution in [2.45, 2.75) is 43.6 Å². The van der Waals surface area contributed by atoms with Crippen LogP contribution in [0.1, 0.15) is 37.7 Å². The van der Waals surface area contributed by atoms with Gasteiger partial charge in [-0.25, -0.2) is 0 Å². The quantitative estimate of drug-likeness (QED) is 0.500. The number of hydrogen-bond acceptors (Lipinski definition) is 4. The van der Waals surface area contributed by atoms with Gasteiger partial charge in [0.1, 0.15) is 0 Å². The number of hydrogen-bond donors (Lipinski definition) is 2. The molecule has 1 amide bonds.